The summed E-state index contributed by atoms with van der Waals surface area (Å²) in [5.41, 5.74) is 5.13. The second kappa shape index (κ2) is 13.1. The molecule has 1 fully saturated rings. The first-order valence-electron chi connectivity index (χ1n) is 14.1. The van der Waals surface area contributed by atoms with Gasteiger partial charge in [-0.05, 0) is 85.4 Å². The van der Waals surface area contributed by atoms with E-state index in [9.17, 15) is 9.90 Å². The molecule has 0 bridgehead atoms. The van der Waals surface area contributed by atoms with Crippen molar-refractivity contribution in [1.82, 2.24) is 4.98 Å². The third-order valence-electron chi connectivity index (χ3n) is 7.84. The number of halogens is 2. The minimum Gasteiger partial charge on any atom is -0.469 e. The molecule has 4 aromatic rings. The standard InChI is InChI=1S/C34H35Cl2NO3S2/c1-33(2,39)26-10-5-4-8-23(26)12-15-27(41-21-34(17-18-34)20-29(38)40-3)24-9-6-7-22(19-24)11-13-25-14-16-28-31(37-25)30(35)32(36)42-28/h4-11,13-14,16,19,27,39H,12,15,17-18,20-21H2,1-3H3/b13-11+. The molecule has 8 heteroatoms. The summed E-state index contributed by atoms with van der Waals surface area (Å²) in [6.45, 7) is 3.68. The number of ether oxygens (including phenoxy) is 1. The van der Waals surface area contributed by atoms with Crippen LogP contribution in [0.2, 0.25) is 9.36 Å². The Kier molecular flexibility index (Phi) is 9.70. The van der Waals surface area contributed by atoms with Gasteiger partial charge in [0, 0.05) is 11.0 Å². The Balaban J connectivity index is 1.37. The zero-order valence-corrected chi connectivity index (χ0v) is 27.2. The SMILES string of the molecule is COC(=O)CC1(CSC(CCc2ccccc2C(C)(C)O)c2cccc(/C=C/c3ccc4sc(Cl)c(Cl)c4n3)c2)CC1. The molecule has 0 amide bonds. The van der Waals surface area contributed by atoms with Crippen LogP contribution in [0, 0.1) is 5.41 Å². The van der Waals surface area contributed by atoms with Crippen molar-refractivity contribution < 1.29 is 14.6 Å². The fourth-order valence-corrected chi connectivity index (χ4v) is 8.23. The first-order chi connectivity index (χ1) is 20.1. The molecular formula is C34H35Cl2NO3S2. The Labute approximate surface area is 266 Å². The number of carbonyl (C=O) groups excluding carboxylic acids is 1. The second-order valence-corrected chi connectivity index (χ2v) is 14.8. The van der Waals surface area contributed by atoms with Crippen molar-refractivity contribution in [2.24, 2.45) is 5.41 Å². The Morgan fingerprint density at radius 1 is 1.14 bits per heavy atom. The van der Waals surface area contributed by atoms with Gasteiger partial charge in [0.1, 0.15) is 9.85 Å². The average Bonchev–Trinajstić information content (AvgIpc) is 3.68. The van der Waals surface area contributed by atoms with Gasteiger partial charge in [0.2, 0.25) is 0 Å². The number of benzene rings is 2. The molecule has 1 unspecified atom stereocenters. The molecule has 2 aromatic carbocycles. The van der Waals surface area contributed by atoms with E-state index in [1.807, 2.05) is 62.0 Å². The summed E-state index contributed by atoms with van der Waals surface area (Å²) in [5, 5.41) is 11.5. The van der Waals surface area contributed by atoms with Gasteiger partial charge in [-0.3, -0.25) is 4.79 Å². The van der Waals surface area contributed by atoms with Crippen LogP contribution in [-0.4, -0.2) is 28.9 Å². The molecular weight excluding hydrogens is 605 g/mol. The number of aryl methyl sites for hydroxylation is 1. The van der Waals surface area contributed by atoms with Crippen LogP contribution in [0.5, 0.6) is 0 Å². The minimum atomic E-state index is -0.905. The van der Waals surface area contributed by atoms with E-state index in [1.54, 1.807) is 0 Å². The van der Waals surface area contributed by atoms with Gasteiger partial charge >= 0.3 is 5.97 Å². The fourth-order valence-electron chi connectivity index (χ4n) is 5.25. The lowest BCUT2D eigenvalue weighted by Gasteiger charge is -2.24. The Morgan fingerprint density at radius 3 is 2.67 bits per heavy atom. The van der Waals surface area contributed by atoms with E-state index < -0.39 is 5.60 Å². The smallest absolute Gasteiger partial charge is 0.306 e. The summed E-state index contributed by atoms with van der Waals surface area (Å²) in [6, 6.07) is 20.7. The van der Waals surface area contributed by atoms with Gasteiger partial charge in [0.05, 0.1) is 34.5 Å². The molecule has 1 saturated carbocycles. The predicted molar refractivity (Wildman–Crippen MR) is 179 cm³/mol. The number of rotatable bonds is 12. The number of thiophene rings is 1. The monoisotopic (exact) mass is 639 g/mol. The van der Waals surface area contributed by atoms with E-state index in [-0.39, 0.29) is 16.6 Å². The number of thioether (sulfide) groups is 1. The number of pyridine rings is 1. The van der Waals surface area contributed by atoms with E-state index in [0.29, 0.717) is 15.8 Å². The number of hydrogen-bond acceptors (Lipinski definition) is 6. The van der Waals surface area contributed by atoms with Crippen LogP contribution in [-0.2, 0) is 21.6 Å². The van der Waals surface area contributed by atoms with Crippen molar-refractivity contribution in [1.29, 1.82) is 0 Å². The Morgan fingerprint density at radius 2 is 1.93 bits per heavy atom. The number of aromatic nitrogens is 1. The van der Waals surface area contributed by atoms with E-state index in [1.165, 1.54) is 24.0 Å². The van der Waals surface area contributed by atoms with Crippen molar-refractivity contribution in [2.75, 3.05) is 12.9 Å². The molecule has 42 heavy (non-hydrogen) atoms. The number of aliphatic hydroxyl groups is 1. The molecule has 4 nitrogen and oxygen atoms in total. The summed E-state index contributed by atoms with van der Waals surface area (Å²) in [4.78, 5) is 16.8. The van der Waals surface area contributed by atoms with Crippen LogP contribution in [0.4, 0.5) is 0 Å². The summed E-state index contributed by atoms with van der Waals surface area (Å²) in [7, 11) is 1.46. The lowest BCUT2D eigenvalue weighted by atomic mass is 9.90. The van der Waals surface area contributed by atoms with Crippen molar-refractivity contribution in [3.05, 3.63) is 98.0 Å². The minimum absolute atomic E-state index is 0.0364. The van der Waals surface area contributed by atoms with Gasteiger partial charge in [0.25, 0.3) is 0 Å². The van der Waals surface area contributed by atoms with E-state index in [0.717, 1.165) is 64.0 Å². The normalized spacial score (nSPS) is 15.3. The highest BCUT2D eigenvalue weighted by Gasteiger charge is 2.45. The third kappa shape index (κ3) is 7.59. The van der Waals surface area contributed by atoms with Gasteiger partial charge in [-0.2, -0.15) is 11.8 Å². The Hall–Kier alpha value is -2.35. The number of hydrogen-bond donors (Lipinski definition) is 1. The summed E-state index contributed by atoms with van der Waals surface area (Å²) in [5.74, 6) is 0.780. The van der Waals surface area contributed by atoms with Gasteiger partial charge < -0.3 is 9.84 Å². The highest BCUT2D eigenvalue weighted by molar-refractivity contribution is 7.99. The number of methoxy groups -OCH3 is 1. The molecule has 5 rings (SSSR count). The first-order valence-corrected chi connectivity index (χ1v) is 16.7. The molecule has 0 aliphatic heterocycles. The summed E-state index contributed by atoms with van der Waals surface area (Å²) < 4.78 is 6.51. The quantitative estimate of drug-likeness (QED) is 0.156. The van der Waals surface area contributed by atoms with Gasteiger partial charge in [-0.25, -0.2) is 4.98 Å². The second-order valence-electron chi connectivity index (χ2n) is 11.6. The molecule has 2 heterocycles. The highest BCUT2D eigenvalue weighted by atomic mass is 35.5. The van der Waals surface area contributed by atoms with E-state index in [2.05, 4.69) is 36.4 Å². The number of fused-ring (bicyclic) bond motifs is 1. The van der Waals surface area contributed by atoms with Crippen LogP contribution in [0.25, 0.3) is 22.4 Å². The van der Waals surface area contributed by atoms with Crippen molar-refractivity contribution in [3.8, 4) is 0 Å². The topological polar surface area (TPSA) is 59.4 Å². The predicted octanol–water partition coefficient (Wildman–Crippen LogP) is 9.75. The van der Waals surface area contributed by atoms with E-state index in [4.69, 9.17) is 32.9 Å². The lowest BCUT2D eigenvalue weighted by molar-refractivity contribution is -0.141. The molecule has 1 atom stereocenters. The van der Waals surface area contributed by atoms with Crippen molar-refractivity contribution in [3.63, 3.8) is 0 Å². The lowest BCUT2D eigenvalue weighted by Crippen LogP contribution is -2.18. The van der Waals surface area contributed by atoms with Crippen LogP contribution in [0.15, 0.2) is 60.7 Å². The molecule has 2 aromatic heterocycles. The maximum absolute atomic E-state index is 12.1. The molecule has 1 N–H and O–H groups in total. The molecule has 0 saturated heterocycles. The highest BCUT2D eigenvalue weighted by Crippen LogP contribution is 2.53. The fraction of sp³-hybridized carbons (Fsp3) is 0.353. The number of carbonyl (C=O) groups is 1. The molecule has 220 valence electrons. The molecule has 1 aliphatic carbocycles. The summed E-state index contributed by atoms with van der Waals surface area (Å²) in [6.07, 6.45) is 8.42. The van der Waals surface area contributed by atoms with Gasteiger partial charge in [0.15, 0.2) is 0 Å². The van der Waals surface area contributed by atoms with Gasteiger partial charge in [-0.15, -0.1) is 11.3 Å². The Bertz CT molecular complexity index is 1600. The van der Waals surface area contributed by atoms with E-state index >= 15 is 0 Å². The number of esters is 1. The third-order valence-corrected chi connectivity index (χ3v) is 11.5. The van der Waals surface area contributed by atoms with Crippen LogP contribution >= 0.6 is 46.3 Å². The maximum atomic E-state index is 12.1. The molecule has 0 radical (unpaired) electrons. The van der Waals surface area contributed by atoms with Crippen LogP contribution in [0.3, 0.4) is 0 Å². The number of nitrogens with zero attached hydrogens (tertiary/aromatic N) is 1. The van der Waals surface area contributed by atoms with Gasteiger partial charge in [-0.1, -0.05) is 77.8 Å². The maximum Gasteiger partial charge on any atom is 0.306 e. The first kappa shape index (κ1) is 31.1. The largest absolute Gasteiger partial charge is 0.469 e. The molecule has 1 aliphatic rings. The van der Waals surface area contributed by atoms with Crippen molar-refractivity contribution in [2.45, 2.75) is 56.8 Å². The average molecular weight is 641 g/mol. The zero-order valence-electron chi connectivity index (χ0n) is 24.0. The summed E-state index contributed by atoms with van der Waals surface area (Å²) >= 11 is 15.9. The van der Waals surface area contributed by atoms with Crippen molar-refractivity contribution >= 4 is 74.6 Å². The van der Waals surface area contributed by atoms with Crippen LogP contribution < -0.4 is 0 Å². The zero-order chi connectivity index (χ0) is 29.9. The molecule has 0 spiro atoms. The van der Waals surface area contributed by atoms with Crippen LogP contribution in [0.1, 0.15) is 72.7 Å².